The Balaban J connectivity index is 0.00000112. The van der Waals surface area contributed by atoms with Gasteiger partial charge in [-0.05, 0) is 18.5 Å². The van der Waals surface area contributed by atoms with Crippen LogP contribution in [-0.2, 0) is 4.74 Å². The largest absolute Gasteiger partial charge is 0.381 e. The monoisotopic (exact) mass is 227 g/mol. The summed E-state index contributed by atoms with van der Waals surface area (Å²) in [5.74, 6) is 0.509. The molecule has 0 aromatic heterocycles. The van der Waals surface area contributed by atoms with E-state index in [1.165, 1.54) is 5.56 Å². The Labute approximate surface area is 97.4 Å². The van der Waals surface area contributed by atoms with Gasteiger partial charge in [0.1, 0.15) is 0 Å². The lowest BCUT2D eigenvalue weighted by molar-refractivity contribution is 0.0586. The molecular formula is C12H18ClNO. The van der Waals surface area contributed by atoms with E-state index in [0.29, 0.717) is 12.0 Å². The molecule has 84 valence electrons. The van der Waals surface area contributed by atoms with Gasteiger partial charge in [-0.2, -0.15) is 0 Å². The molecule has 2 atom stereocenters. The van der Waals surface area contributed by atoms with Crippen LogP contribution in [0, 0.1) is 0 Å². The van der Waals surface area contributed by atoms with Gasteiger partial charge in [-0.25, -0.2) is 0 Å². The second-order valence-corrected chi connectivity index (χ2v) is 3.78. The van der Waals surface area contributed by atoms with Crippen molar-refractivity contribution in [3.8, 4) is 0 Å². The van der Waals surface area contributed by atoms with Crippen molar-refractivity contribution in [3.63, 3.8) is 0 Å². The number of halogens is 1. The topological polar surface area (TPSA) is 21.3 Å². The molecule has 1 aromatic rings. The molecule has 0 aliphatic carbocycles. The van der Waals surface area contributed by atoms with Gasteiger partial charge in [0.2, 0.25) is 0 Å². The van der Waals surface area contributed by atoms with Gasteiger partial charge in [-0.3, -0.25) is 0 Å². The Morgan fingerprint density at radius 2 is 2.00 bits per heavy atom. The molecule has 2 nitrogen and oxygen atoms in total. The van der Waals surface area contributed by atoms with Crippen molar-refractivity contribution in [2.24, 2.45) is 0 Å². The smallest absolute Gasteiger partial charge is 0.0664 e. The first kappa shape index (κ1) is 12.5. The molecule has 0 spiro atoms. The highest BCUT2D eigenvalue weighted by molar-refractivity contribution is 5.85. The summed E-state index contributed by atoms with van der Waals surface area (Å²) in [5, 5.41) is 3.42. The average Bonchev–Trinajstić information content (AvgIpc) is 2.30. The van der Waals surface area contributed by atoms with E-state index >= 15 is 0 Å². The average molecular weight is 228 g/mol. The molecule has 15 heavy (non-hydrogen) atoms. The molecule has 0 saturated carbocycles. The minimum atomic E-state index is 0. The number of piperidine rings is 1. The number of methoxy groups -OCH3 is 1. The fourth-order valence-corrected chi connectivity index (χ4v) is 2.15. The van der Waals surface area contributed by atoms with E-state index in [2.05, 4.69) is 35.6 Å². The second-order valence-electron chi connectivity index (χ2n) is 3.78. The molecule has 1 fully saturated rings. The number of ether oxygens (including phenoxy) is 1. The highest BCUT2D eigenvalue weighted by atomic mass is 35.5. The fourth-order valence-electron chi connectivity index (χ4n) is 2.15. The summed E-state index contributed by atoms with van der Waals surface area (Å²) in [6, 6.07) is 10.6. The molecule has 1 aliphatic rings. The van der Waals surface area contributed by atoms with Crippen LogP contribution in [0.4, 0.5) is 0 Å². The minimum absolute atomic E-state index is 0. The maximum absolute atomic E-state index is 5.52. The molecular weight excluding hydrogens is 210 g/mol. The van der Waals surface area contributed by atoms with Gasteiger partial charge in [-0.1, -0.05) is 30.3 Å². The van der Waals surface area contributed by atoms with Gasteiger partial charge >= 0.3 is 0 Å². The highest BCUT2D eigenvalue weighted by Crippen LogP contribution is 2.25. The lowest BCUT2D eigenvalue weighted by Gasteiger charge is -2.31. The van der Waals surface area contributed by atoms with Crippen molar-refractivity contribution in [1.82, 2.24) is 5.32 Å². The van der Waals surface area contributed by atoms with Crippen molar-refractivity contribution in [3.05, 3.63) is 35.9 Å². The Morgan fingerprint density at radius 3 is 2.67 bits per heavy atom. The van der Waals surface area contributed by atoms with Gasteiger partial charge in [-0.15, -0.1) is 12.4 Å². The Morgan fingerprint density at radius 1 is 1.27 bits per heavy atom. The second kappa shape index (κ2) is 6.11. The zero-order chi connectivity index (χ0) is 9.80. The zero-order valence-electron chi connectivity index (χ0n) is 8.98. The van der Waals surface area contributed by atoms with Crippen LogP contribution in [-0.4, -0.2) is 26.3 Å². The Kier molecular flexibility index (Phi) is 5.09. The van der Waals surface area contributed by atoms with Crippen molar-refractivity contribution in [1.29, 1.82) is 0 Å². The van der Waals surface area contributed by atoms with Crippen LogP contribution in [0.3, 0.4) is 0 Å². The van der Waals surface area contributed by atoms with E-state index in [0.717, 1.165) is 19.5 Å². The lowest BCUT2D eigenvalue weighted by atomic mass is 9.89. The van der Waals surface area contributed by atoms with E-state index in [4.69, 9.17) is 4.74 Å². The first-order valence-electron chi connectivity index (χ1n) is 5.20. The molecule has 3 heteroatoms. The Bertz CT molecular complexity index is 278. The summed E-state index contributed by atoms with van der Waals surface area (Å²) < 4.78 is 5.52. The van der Waals surface area contributed by atoms with Gasteiger partial charge in [0, 0.05) is 19.6 Å². The van der Waals surface area contributed by atoms with E-state index in [1.807, 2.05) is 7.11 Å². The van der Waals surface area contributed by atoms with Gasteiger partial charge in [0.25, 0.3) is 0 Å². The standard InChI is InChI=1S/C12H17NO.ClH/c1-14-12-7-8-13-9-11(12)10-5-3-2-4-6-10;/h2-6,11-13H,7-9H2,1H3;1H/t11-,12+;/m0./s1. The first-order valence-corrected chi connectivity index (χ1v) is 5.20. The minimum Gasteiger partial charge on any atom is -0.381 e. The van der Waals surface area contributed by atoms with Gasteiger partial charge in [0.05, 0.1) is 6.10 Å². The molecule has 2 rings (SSSR count). The molecule has 1 aromatic carbocycles. The van der Waals surface area contributed by atoms with Crippen molar-refractivity contribution >= 4 is 12.4 Å². The molecule has 1 aliphatic heterocycles. The lowest BCUT2D eigenvalue weighted by Crippen LogP contribution is -2.39. The van der Waals surface area contributed by atoms with E-state index in [1.54, 1.807) is 0 Å². The predicted octanol–water partition coefficient (Wildman–Crippen LogP) is 2.20. The maximum Gasteiger partial charge on any atom is 0.0664 e. The summed E-state index contributed by atoms with van der Waals surface area (Å²) in [5.41, 5.74) is 1.38. The fraction of sp³-hybridized carbons (Fsp3) is 0.500. The molecule has 0 radical (unpaired) electrons. The third kappa shape index (κ3) is 2.94. The normalized spacial score (nSPS) is 25.7. The van der Waals surface area contributed by atoms with E-state index in [9.17, 15) is 0 Å². The van der Waals surface area contributed by atoms with Crippen LogP contribution < -0.4 is 5.32 Å². The summed E-state index contributed by atoms with van der Waals surface area (Å²) in [7, 11) is 1.81. The summed E-state index contributed by atoms with van der Waals surface area (Å²) in [6.45, 7) is 2.10. The number of nitrogens with one attached hydrogen (secondary N) is 1. The number of benzene rings is 1. The summed E-state index contributed by atoms with van der Waals surface area (Å²) in [6.07, 6.45) is 1.48. The van der Waals surface area contributed by atoms with Crippen LogP contribution in [0.15, 0.2) is 30.3 Å². The molecule has 0 bridgehead atoms. The highest BCUT2D eigenvalue weighted by Gasteiger charge is 2.25. The third-order valence-corrected chi connectivity index (χ3v) is 2.95. The maximum atomic E-state index is 5.52. The van der Waals surface area contributed by atoms with E-state index < -0.39 is 0 Å². The van der Waals surface area contributed by atoms with Crippen LogP contribution >= 0.6 is 12.4 Å². The zero-order valence-corrected chi connectivity index (χ0v) is 9.80. The summed E-state index contributed by atoms with van der Waals surface area (Å²) in [4.78, 5) is 0. The molecule has 1 N–H and O–H groups in total. The molecule has 0 unspecified atom stereocenters. The Hall–Kier alpha value is -0.570. The first-order chi connectivity index (χ1) is 6.92. The van der Waals surface area contributed by atoms with Crippen LogP contribution in [0.2, 0.25) is 0 Å². The number of rotatable bonds is 2. The summed E-state index contributed by atoms with van der Waals surface area (Å²) >= 11 is 0. The van der Waals surface area contributed by atoms with Gasteiger partial charge in [0.15, 0.2) is 0 Å². The third-order valence-electron chi connectivity index (χ3n) is 2.95. The van der Waals surface area contributed by atoms with Crippen LogP contribution in [0.1, 0.15) is 17.9 Å². The van der Waals surface area contributed by atoms with Crippen LogP contribution in [0.25, 0.3) is 0 Å². The molecule has 0 amide bonds. The SMILES string of the molecule is CO[C@@H]1CCNC[C@H]1c1ccccc1.Cl. The number of hydrogen-bond donors (Lipinski definition) is 1. The predicted molar refractivity (Wildman–Crippen MR) is 64.7 cm³/mol. The van der Waals surface area contributed by atoms with Crippen LogP contribution in [0.5, 0.6) is 0 Å². The molecule has 1 heterocycles. The van der Waals surface area contributed by atoms with Gasteiger partial charge < -0.3 is 10.1 Å². The van der Waals surface area contributed by atoms with Crippen molar-refractivity contribution < 1.29 is 4.74 Å². The molecule has 1 saturated heterocycles. The van der Waals surface area contributed by atoms with Crippen molar-refractivity contribution in [2.45, 2.75) is 18.4 Å². The quantitative estimate of drug-likeness (QED) is 0.837. The number of hydrogen-bond acceptors (Lipinski definition) is 2. The van der Waals surface area contributed by atoms with Crippen molar-refractivity contribution in [2.75, 3.05) is 20.2 Å². The van der Waals surface area contributed by atoms with E-state index in [-0.39, 0.29) is 12.4 Å².